The second-order valence-corrected chi connectivity index (χ2v) is 7.88. The highest BCUT2D eigenvalue weighted by atomic mass is 35.5. The first-order valence-electron chi connectivity index (χ1n) is 10.2. The Hall–Kier alpha value is -2.53. The van der Waals surface area contributed by atoms with E-state index in [4.69, 9.17) is 21.3 Å². The minimum atomic E-state index is 0.0348. The standard InChI is InChI=1S/C23H26ClN3O2/c1-3-22(28)26-12-6-9-21(26)23-25-19-7-4-5-8-20(19)27(23)13-14-29-17-10-11-18(24)16(2)15-17/h4-5,7-8,10-11,15,21H,3,6,9,12-14H2,1-2H3. The number of rotatable bonds is 6. The molecule has 1 fully saturated rings. The predicted molar refractivity (Wildman–Crippen MR) is 115 cm³/mol. The van der Waals surface area contributed by atoms with Crippen LogP contribution in [0.3, 0.4) is 0 Å². The number of halogens is 1. The molecule has 1 aliphatic heterocycles. The van der Waals surface area contributed by atoms with Gasteiger partial charge in [-0.05, 0) is 55.7 Å². The number of imidazole rings is 1. The van der Waals surface area contributed by atoms with Crippen molar-refractivity contribution in [1.82, 2.24) is 14.5 Å². The molecule has 2 heterocycles. The number of aromatic nitrogens is 2. The fourth-order valence-electron chi connectivity index (χ4n) is 4.08. The van der Waals surface area contributed by atoms with Crippen molar-refractivity contribution in [3.8, 4) is 5.75 Å². The number of amides is 1. The van der Waals surface area contributed by atoms with E-state index in [9.17, 15) is 4.79 Å². The summed E-state index contributed by atoms with van der Waals surface area (Å²) in [6.45, 7) is 5.88. The Bertz CT molecular complexity index is 1030. The number of para-hydroxylation sites is 2. The number of nitrogens with zero attached hydrogens (tertiary/aromatic N) is 3. The number of aryl methyl sites for hydroxylation is 1. The molecule has 3 aromatic rings. The Morgan fingerprint density at radius 1 is 1.28 bits per heavy atom. The molecular formula is C23H26ClN3O2. The summed E-state index contributed by atoms with van der Waals surface area (Å²) in [5.41, 5.74) is 3.03. The first-order valence-corrected chi connectivity index (χ1v) is 10.6. The predicted octanol–water partition coefficient (Wildman–Crippen LogP) is 5.15. The van der Waals surface area contributed by atoms with Gasteiger partial charge < -0.3 is 14.2 Å². The Balaban J connectivity index is 1.60. The second kappa shape index (κ2) is 8.46. The molecule has 0 bridgehead atoms. The first kappa shape index (κ1) is 19.8. The normalized spacial score (nSPS) is 16.5. The summed E-state index contributed by atoms with van der Waals surface area (Å²) in [5.74, 6) is 1.96. The number of carbonyl (C=O) groups is 1. The second-order valence-electron chi connectivity index (χ2n) is 7.47. The molecule has 1 unspecified atom stereocenters. The van der Waals surface area contributed by atoms with Crippen LogP contribution in [0.2, 0.25) is 5.02 Å². The summed E-state index contributed by atoms with van der Waals surface area (Å²) in [5, 5.41) is 0.738. The van der Waals surface area contributed by atoms with E-state index in [0.717, 1.165) is 52.6 Å². The lowest BCUT2D eigenvalue weighted by atomic mass is 10.2. The van der Waals surface area contributed by atoms with Gasteiger partial charge in [-0.15, -0.1) is 0 Å². The molecule has 1 saturated heterocycles. The molecule has 29 heavy (non-hydrogen) atoms. The van der Waals surface area contributed by atoms with E-state index in [1.54, 1.807) is 0 Å². The maximum atomic E-state index is 12.4. The van der Waals surface area contributed by atoms with Crippen LogP contribution in [-0.2, 0) is 11.3 Å². The minimum absolute atomic E-state index is 0.0348. The average Bonchev–Trinajstić information content (AvgIpc) is 3.35. The van der Waals surface area contributed by atoms with Gasteiger partial charge in [0.2, 0.25) is 5.91 Å². The Morgan fingerprint density at radius 3 is 2.90 bits per heavy atom. The van der Waals surface area contributed by atoms with E-state index >= 15 is 0 Å². The van der Waals surface area contributed by atoms with Crippen molar-refractivity contribution in [1.29, 1.82) is 0 Å². The molecule has 1 atom stereocenters. The number of carbonyl (C=O) groups excluding carboxylic acids is 1. The van der Waals surface area contributed by atoms with Crippen molar-refractivity contribution < 1.29 is 9.53 Å². The van der Waals surface area contributed by atoms with E-state index in [-0.39, 0.29) is 11.9 Å². The molecule has 0 N–H and O–H groups in total. The van der Waals surface area contributed by atoms with Gasteiger partial charge in [-0.1, -0.05) is 30.7 Å². The van der Waals surface area contributed by atoms with Crippen molar-refractivity contribution in [3.05, 3.63) is 58.9 Å². The van der Waals surface area contributed by atoms with Crippen LogP contribution in [0.15, 0.2) is 42.5 Å². The van der Waals surface area contributed by atoms with Crippen molar-refractivity contribution in [2.45, 2.75) is 45.7 Å². The summed E-state index contributed by atoms with van der Waals surface area (Å²) in [7, 11) is 0. The molecule has 0 radical (unpaired) electrons. The number of benzene rings is 2. The number of likely N-dealkylation sites (tertiary alicyclic amines) is 1. The van der Waals surface area contributed by atoms with Crippen LogP contribution in [0, 0.1) is 6.92 Å². The lowest BCUT2D eigenvalue weighted by Gasteiger charge is -2.25. The Labute approximate surface area is 176 Å². The molecule has 0 saturated carbocycles. The SMILES string of the molecule is CCC(=O)N1CCCC1c1nc2ccccc2n1CCOc1ccc(Cl)c(C)c1. The number of fused-ring (bicyclic) bond motifs is 1. The molecular weight excluding hydrogens is 386 g/mol. The van der Waals surface area contributed by atoms with Crippen molar-refractivity contribution in [2.75, 3.05) is 13.2 Å². The molecule has 1 aliphatic rings. The highest BCUT2D eigenvalue weighted by molar-refractivity contribution is 6.31. The largest absolute Gasteiger partial charge is 0.492 e. The molecule has 2 aromatic carbocycles. The summed E-state index contributed by atoms with van der Waals surface area (Å²) in [4.78, 5) is 19.3. The fraction of sp³-hybridized carbons (Fsp3) is 0.391. The van der Waals surface area contributed by atoms with Gasteiger partial charge in [0, 0.05) is 18.0 Å². The Kier molecular flexibility index (Phi) is 5.76. The summed E-state index contributed by atoms with van der Waals surface area (Å²) in [6.07, 6.45) is 2.49. The molecule has 0 aliphatic carbocycles. The van der Waals surface area contributed by atoms with Crippen LogP contribution in [-0.4, -0.2) is 33.5 Å². The summed E-state index contributed by atoms with van der Waals surface area (Å²) in [6, 6.07) is 13.9. The topological polar surface area (TPSA) is 47.4 Å². The molecule has 6 heteroatoms. The van der Waals surface area contributed by atoms with Crippen LogP contribution in [0.25, 0.3) is 11.0 Å². The third-order valence-corrected chi connectivity index (χ3v) is 5.99. The number of ether oxygens (including phenoxy) is 1. The van der Waals surface area contributed by atoms with Crippen LogP contribution in [0.4, 0.5) is 0 Å². The highest BCUT2D eigenvalue weighted by Gasteiger charge is 2.32. The minimum Gasteiger partial charge on any atom is -0.492 e. The van der Waals surface area contributed by atoms with E-state index in [2.05, 4.69) is 10.6 Å². The molecule has 4 rings (SSSR count). The van der Waals surface area contributed by atoms with Crippen LogP contribution < -0.4 is 4.74 Å². The van der Waals surface area contributed by atoms with Gasteiger partial charge in [0.15, 0.2) is 0 Å². The average molecular weight is 412 g/mol. The van der Waals surface area contributed by atoms with Crippen LogP contribution >= 0.6 is 11.6 Å². The van der Waals surface area contributed by atoms with Crippen molar-refractivity contribution >= 4 is 28.5 Å². The van der Waals surface area contributed by atoms with Gasteiger partial charge in [0.1, 0.15) is 18.2 Å². The maximum Gasteiger partial charge on any atom is 0.222 e. The first-order chi connectivity index (χ1) is 14.1. The molecule has 0 spiro atoms. The molecule has 5 nitrogen and oxygen atoms in total. The van der Waals surface area contributed by atoms with Gasteiger partial charge in [0.25, 0.3) is 0 Å². The van der Waals surface area contributed by atoms with Crippen molar-refractivity contribution in [2.24, 2.45) is 0 Å². The van der Waals surface area contributed by atoms with E-state index in [1.807, 2.05) is 55.1 Å². The molecule has 1 amide bonds. The van der Waals surface area contributed by atoms with Gasteiger partial charge in [0.05, 0.1) is 23.6 Å². The zero-order valence-electron chi connectivity index (χ0n) is 16.9. The third kappa shape index (κ3) is 3.97. The zero-order valence-corrected chi connectivity index (χ0v) is 17.7. The highest BCUT2D eigenvalue weighted by Crippen LogP contribution is 2.34. The van der Waals surface area contributed by atoms with E-state index in [1.165, 1.54) is 0 Å². The lowest BCUT2D eigenvalue weighted by molar-refractivity contribution is -0.131. The van der Waals surface area contributed by atoms with Gasteiger partial charge in [-0.3, -0.25) is 4.79 Å². The fourth-order valence-corrected chi connectivity index (χ4v) is 4.20. The van der Waals surface area contributed by atoms with Gasteiger partial charge in [-0.2, -0.15) is 0 Å². The monoisotopic (exact) mass is 411 g/mol. The Morgan fingerprint density at radius 2 is 2.10 bits per heavy atom. The van der Waals surface area contributed by atoms with Crippen LogP contribution in [0.5, 0.6) is 5.75 Å². The molecule has 152 valence electrons. The van der Waals surface area contributed by atoms with Crippen molar-refractivity contribution in [3.63, 3.8) is 0 Å². The van der Waals surface area contributed by atoms with E-state index < -0.39 is 0 Å². The van der Waals surface area contributed by atoms with Gasteiger partial charge in [-0.25, -0.2) is 4.98 Å². The summed E-state index contributed by atoms with van der Waals surface area (Å²) >= 11 is 6.11. The summed E-state index contributed by atoms with van der Waals surface area (Å²) < 4.78 is 8.20. The van der Waals surface area contributed by atoms with E-state index in [0.29, 0.717) is 19.6 Å². The van der Waals surface area contributed by atoms with Crippen LogP contribution in [0.1, 0.15) is 43.6 Å². The zero-order chi connectivity index (χ0) is 20.4. The quantitative estimate of drug-likeness (QED) is 0.563. The number of hydrogen-bond donors (Lipinski definition) is 0. The maximum absolute atomic E-state index is 12.4. The lowest BCUT2D eigenvalue weighted by Crippen LogP contribution is -2.31. The smallest absolute Gasteiger partial charge is 0.222 e. The molecule has 1 aromatic heterocycles. The third-order valence-electron chi connectivity index (χ3n) is 5.57. The van der Waals surface area contributed by atoms with Gasteiger partial charge >= 0.3 is 0 Å². The number of hydrogen-bond acceptors (Lipinski definition) is 3.